The molecule has 3 aromatic carbocycles. The van der Waals surface area contributed by atoms with Crippen molar-refractivity contribution in [2.45, 2.75) is 118 Å². The van der Waals surface area contributed by atoms with Crippen LogP contribution in [0, 0.1) is 13.8 Å². The van der Waals surface area contributed by atoms with Gasteiger partial charge in [0.15, 0.2) is 0 Å². The summed E-state index contributed by atoms with van der Waals surface area (Å²) in [5.41, 5.74) is 7.72. The third-order valence-corrected chi connectivity index (χ3v) is 8.75. The zero-order chi connectivity index (χ0) is 29.3. The lowest BCUT2D eigenvalue weighted by Crippen LogP contribution is -2.49. The Bertz CT molecular complexity index is 1010. The second-order valence-corrected chi connectivity index (χ2v) is 12.5. The Balaban J connectivity index is 1.87. The zero-order valence-electron chi connectivity index (χ0n) is 27.1. The molecule has 0 N–H and O–H groups in total. The van der Waals surface area contributed by atoms with Gasteiger partial charge in [0, 0.05) is 22.6 Å². The molecule has 0 aliphatic heterocycles. The van der Waals surface area contributed by atoms with Crippen LogP contribution < -0.4 is 4.90 Å². The summed E-state index contributed by atoms with van der Waals surface area (Å²) in [6.45, 7) is 16.5. The zero-order valence-corrected chi connectivity index (χ0v) is 27.1. The molecule has 0 aliphatic carbocycles. The standard InChI is InChI=1S/C39H59N2/c1-6-9-12-15-30-41(31-16-13-10-7-2,32-17-14-11-8-3)33-36-22-28-39(29-23-36)40(37-24-18-34(4)19-25-37)38-26-20-35(5)21-27-38/h18-29H,6-17,30-33H2,1-5H3/q+1. The van der Waals surface area contributed by atoms with E-state index in [1.807, 2.05) is 0 Å². The normalized spacial score (nSPS) is 11.6. The SMILES string of the molecule is CCCCCC[N+](CCCCCC)(CCCCCC)Cc1ccc(N(c2ccc(C)cc2)c2ccc(C)cc2)cc1. The maximum Gasteiger partial charge on any atom is 0.104 e. The second-order valence-electron chi connectivity index (χ2n) is 12.5. The molecular weight excluding hydrogens is 496 g/mol. The lowest BCUT2D eigenvalue weighted by atomic mass is 10.1. The summed E-state index contributed by atoms with van der Waals surface area (Å²) in [7, 11) is 0. The fourth-order valence-electron chi connectivity index (χ4n) is 6.17. The quantitative estimate of drug-likeness (QED) is 0.0989. The van der Waals surface area contributed by atoms with Crippen LogP contribution in [0.25, 0.3) is 0 Å². The maximum absolute atomic E-state index is 2.42. The minimum atomic E-state index is 1.17. The maximum atomic E-state index is 2.42. The first kappa shape index (κ1) is 32.9. The highest BCUT2D eigenvalue weighted by Gasteiger charge is 2.27. The number of hydrogen-bond donors (Lipinski definition) is 0. The monoisotopic (exact) mass is 555 g/mol. The first-order valence-electron chi connectivity index (χ1n) is 16.9. The van der Waals surface area contributed by atoms with Crippen molar-refractivity contribution in [1.82, 2.24) is 0 Å². The summed E-state index contributed by atoms with van der Waals surface area (Å²) < 4.78 is 1.27. The molecule has 0 heterocycles. The third kappa shape index (κ3) is 11.0. The first-order valence-corrected chi connectivity index (χ1v) is 16.9. The molecule has 0 unspecified atom stereocenters. The number of benzene rings is 3. The average molecular weight is 556 g/mol. The molecule has 3 aromatic rings. The van der Waals surface area contributed by atoms with Crippen LogP contribution in [0.1, 0.15) is 115 Å². The van der Waals surface area contributed by atoms with Crippen LogP contribution in [-0.2, 0) is 6.54 Å². The van der Waals surface area contributed by atoms with Gasteiger partial charge in [-0.1, -0.05) is 107 Å². The third-order valence-electron chi connectivity index (χ3n) is 8.75. The molecule has 3 rings (SSSR count). The Morgan fingerprint density at radius 3 is 1.12 bits per heavy atom. The molecule has 0 amide bonds. The molecule has 0 fully saturated rings. The molecule has 2 nitrogen and oxygen atoms in total. The van der Waals surface area contributed by atoms with Crippen molar-refractivity contribution in [3.05, 3.63) is 89.5 Å². The first-order chi connectivity index (χ1) is 20.0. The number of quaternary nitrogens is 1. The lowest BCUT2D eigenvalue weighted by Gasteiger charge is -2.40. The number of rotatable bonds is 20. The van der Waals surface area contributed by atoms with Gasteiger partial charge in [0.2, 0.25) is 0 Å². The minimum Gasteiger partial charge on any atom is -0.320 e. The van der Waals surface area contributed by atoms with Crippen molar-refractivity contribution < 1.29 is 4.48 Å². The molecule has 0 aromatic heterocycles. The predicted molar refractivity (Wildman–Crippen MR) is 182 cm³/mol. The second kappa shape index (κ2) is 18.1. The van der Waals surface area contributed by atoms with Gasteiger partial charge >= 0.3 is 0 Å². The van der Waals surface area contributed by atoms with Crippen molar-refractivity contribution in [2.24, 2.45) is 0 Å². The summed E-state index contributed by atoms with van der Waals surface area (Å²) in [6.07, 6.45) is 16.3. The van der Waals surface area contributed by atoms with Gasteiger partial charge in [-0.05, 0) is 88.8 Å². The smallest absolute Gasteiger partial charge is 0.104 e. The fraction of sp³-hybridized carbons (Fsp3) is 0.538. The van der Waals surface area contributed by atoms with E-state index in [4.69, 9.17) is 0 Å². The van der Waals surface area contributed by atoms with Gasteiger partial charge in [0.25, 0.3) is 0 Å². The van der Waals surface area contributed by atoms with E-state index >= 15 is 0 Å². The highest BCUT2D eigenvalue weighted by atomic mass is 15.3. The van der Waals surface area contributed by atoms with Crippen LogP contribution >= 0.6 is 0 Å². The minimum absolute atomic E-state index is 1.17. The summed E-state index contributed by atoms with van der Waals surface area (Å²) in [4.78, 5) is 2.39. The van der Waals surface area contributed by atoms with Crippen molar-refractivity contribution in [2.75, 3.05) is 24.5 Å². The molecule has 0 atom stereocenters. The molecule has 0 saturated heterocycles. The van der Waals surface area contributed by atoms with E-state index in [9.17, 15) is 0 Å². The molecule has 41 heavy (non-hydrogen) atoms. The molecule has 0 bridgehead atoms. The van der Waals surface area contributed by atoms with Crippen LogP contribution in [0.4, 0.5) is 17.1 Å². The molecule has 0 aliphatic rings. The van der Waals surface area contributed by atoms with Gasteiger partial charge in [-0.2, -0.15) is 0 Å². The van der Waals surface area contributed by atoms with Gasteiger partial charge in [0.05, 0.1) is 19.6 Å². The van der Waals surface area contributed by atoms with Gasteiger partial charge in [-0.25, -0.2) is 0 Å². The van der Waals surface area contributed by atoms with Crippen LogP contribution in [0.15, 0.2) is 72.8 Å². The van der Waals surface area contributed by atoms with Gasteiger partial charge in [-0.3, -0.25) is 0 Å². The van der Waals surface area contributed by atoms with E-state index in [0.717, 1.165) is 0 Å². The molecule has 224 valence electrons. The Labute approximate surface area is 253 Å². The number of unbranched alkanes of at least 4 members (excludes halogenated alkanes) is 9. The number of hydrogen-bond acceptors (Lipinski definition) is 1. The molecule has 2 heteroatoms. The van der Waals surface area contributed by atoms with E-state index in [-0.39, 0.29) is 0 Å². The summed E-state index contributed by atoms with van der Waals surface area (Å²) >= 11 is 0. The van der Waals surface area contributed by atoms with E-state index in [0.29, 0.717) is 0 Å². The number of nitrogens with zero attached hydrogens (tertiary/aromatic N) is 2. The van der Waals surface area contributed by atoms with Gasteiger partial charge in [0.1, 0.15) is 6.54 Å². The summed E-state index contributed by atoms with van der Waals surface area (Å²) in [5.74, 6) is 0. The molecule has 0 spiro atoms. The van der Waals surface area contributed by atoms with Crippen LogP contribution in [0.2, 0.25) is 0 Å². The highest BCUT2D eigenvalue weighted by molar-refractivity contribution is 5.76. The number of anilines is 3. The Morgan fingerprint density at radius 1 is 0.439 bits per heavy atom. The molecular formula is C39H59N2+. The molecule has 0 radical (unpaired) electrons. The van der Waals surface area contributed by atoms with E-state index < -0.39 is 0 Å². The van der Waals surface area contributed by atoms with Crippen molar-refractivity contribution >= 4 is 17.1 Å². The largest absolute Gasteiger partial charge is 0.320 e. The van der Waals surface area contributed by atoms with Crippen LogP contribution in [0.3, 0.4) is 0 Å². The number of aryl methyl sites for hydroxylation is 2. The van der Waals surface area contributed by atoms with Crippen LogP contribution in [-0.4, -0.2) is 24.1 Å². The summed E-state index contributed by atoms with van der Waals surface area (Å²) in [5, 5.41) is 0. The predicted octanol–water partition coefficient (Wildman–Crippen LogP) is 11.8. The highest BCUT2D eigenvalue weighted by Crippen LogP contribution is 2.35. The average Bonchev–Trinajstić information content (AvgIpc) is 2.99. The van der Waals surface area contributed by atoms with Gasteiger partial charge in [-0.15, -0.1) is 0 Å². The molecule has 0 saturated carbocycles. The van der Waals surface area contributed by atoms with E-state index in [1.165, 1.54) is 141 Å². The fourth-order valence-corrected chi connectivity index (χ4v) is 6.17. The Hall–Kier alpha value is -2.58. The van der Waals surface area contributed by atoms with Crippen molar-refractivity contribution in [3.63, 3.8) is 0 Å². The Morgan fingerprint density at radius 2 is 0.780 bits per heavy atom. The van der Waals surface area contributed by atoms with Crippen LogP contribution in [0.5, 0.6) is 0 Å². The van der Waals surface area contributed by atoms with Crippen molar-refractivity contribution in [1.29, 1.82) is 0 Å². The summed E-state index contributed by atoms with van der Waals surface area (Å²) in [6, 6.07) is 27.4. The lowest BCUT2D eigenvalue weighted by molar-refractivity contribution is -0.941. The van der Waals surface area contributed by atoms with Gasteiger partial charge < -0.3 is 9.38 Å². The Kier molecular flexibility index (Phi) is 14.5. The topological polar surface area (TPSA) is 3.24 Å². The van der Waals surface area contributed by atoms with E-state index in [1.54, 1.807) is 0 Å². The van der Waals surface area contributed by atoms with E-state index in [2.05, 4.69) is 112 Å². The van der Waals surface area contributed by atoms with Crippen molar-refractivity contribution in [3.8, 4) is 0 Å².